The molecule has 0 saturated carbocycles. The average molecular weight is 276 g/mol. The Morgan fingerprint density at radius 2 is 2.00 bits per heavy atom. The van der Waals surface area contributed by atoms with Crippen molar-refractivity contribution in [1.82, 2.24) is 0 Å². The Kier molecular flexibility index (Phi) is 3.52. The van der Waals surface area contributed by atoms with Crippen molar-refractivity contribution < 1.29 is 9.90 Å². The molecule has 0 heterocycles. The summed E-state index contributed by atoms with van der Waals surface area (Å²) in [6.45, 7) is 0. The Bertz CT molecular complexity index is 258. The summed E-state index contributed by atoms with van der Waals surface area (Å²) >= 11 is 2.09. The van der Waals surface area contributed by atoms with E-state index in [0.29, 0.717) is 4.43 Å². The molecule has 0 amide bonds. The Morgan fingerprint density at radius 3 is 2.42 bits per heavy atom. The van der Waals surface area contributed by atoms with Crippen LogP contribution in [0.5, 0.6) is 0 Å². The molecule has 12 heavy (non-hydrogen) atoms. The number of aliphatic carboxylic acids is 1. The summed E-state index contributed by atoms with van der Waals surface area (Å²) in [5.74, 6) is -1.12. The minimum atomic E-state index is -0.754. The molecule has 0 bridgehead atoms. The maximum atomic E-state index is 10.7. The van der Waals surface area contributed by atoms with E-state index in [2.05, 4.69) is 22.6 Å². The maximum Gasteiger partial charge on any atom is 0.311 e. The van der Waals surface area contributed by atoms with Gasteiger partial charge in [-0.1, -0.05) is 52.9 Å². The van der Waals surface area contributed by atoms with E-state index >= 15 is 0 Å². The van der Waals surface area contributed by atoms with Crippen LogP contribution in [0.2, 0.25) is 0 Å². The zero-order valence-corrected chi connectivity index (χ0v) is 8.56. The van der Waals surface area contributed by atoms with Crippen molar-refractivity contribution in [1.29, 1.82) is 0 Å². The summed E-state index contributed by atoms with van der Waals surface area (Å²) in [6.07, 6.45) is 0. The molecule has 1 atom stereocenters. The summed E-state index contributed by atoms with van der Waals surface area (Å²) < 4.78 is 0.608. The van der Waals surface area contributed by atoms with Crippen LogP contribution in [0.25, 0.3) is 0 Å². The lowest BCUT2D eigenvalue weighted by Gasteiger charge is -2.07. The van der Waals surface area contributed by atoms with Crippen molar-refractivity contribution in [2.24, 2.45) is 0 Å². The molecule has 0 aliphatic heterocycles. The number of carbonyl (C=O) groups is 1. The Balaban J connectivity index is 2.88. The summed E-state index contributed by atoms with van der Waals surface area (Å²) in [6, 6.07) is 9.29. The largest absolute Gasteiger partial charge is 0.481 e. The molecule has 1 N–H and O–H groups in total. The van der Waals surface area contributed by atoms with E-state index in [1.807, 2.05) is 30.3 Å². The lowest BCUT2D eigenvalue weighted by atomic mass is 10.0. The predicted octanol–water partition coefficient (Wildman–Crippen LogP) is 2.29. The predicted molar refractivity (Wildman–Crippen MR) is 55.7 cm³/mol. The first kappa shape index (κ1) is 9.51. The minimum absolute atomic E-state index is 0.369. The van der Waals surface area contributed by atoms with Crippen LogP contribution in [-0.4, -0.2) is 15.5 Å². The summed E-state index contributed by atoms with van der Waals surface area (Å²) in [5, 5.41) is 8.82. The molecule has 0 aromatic heterocycles. The molecule has 0 aliphatic rings. The average Bonchev–Trinajstić information content (AvgIpc) is 2.07. The van der Waals surface area contributed by atoms with Crippen LogP contribution in [0.4, 0.5) is 0 Å². The molecule has 0 spiro atoms. The van der Waals surface area contributed by atoms with Crippen LogP contribution < -0.4 is 0 Å². The van der Waals surface area contributed by atoms with Crippen LogP contribution >= 0.6 is 22.6 Å². The van der Waals surface area contributed by atoms with Gasteiger partial charge < -0.3 is 5.11 Å². The van der Waals surface area contributed by atoms with Gasteiger partial charge in [-0.15, -0.1) is 0 Å². The van der Waals surface area contributed by atoms with Gasteiger partial charge in [-0.3, -0.25) is 4.79 Å². The first-order chi connectivity index (χ1) is 5.75. The van der Waals surface area contributed by atoms with E-state index in [9.17, 15) is 4.79 Å². The van der Waals surface area contributed by atoms with Gasteiger partial charge >= 0.3 is 5.97 Å². The summed E-state index contributed by atoms with van der Waals surface area (Å²) in [4.78, 5) is 10.7. The molecule has 2 nitrogen and oxygen atoms in total. The van der Waals surface area contributed by atoms with Crippen molar-refractivity contribution in [3.63, 3.8) is 0 Å². The van der Waals surface area contributed by atoms with Gasteiger partial charge in [0.1, 0.15) is 0 Å². The van der Waals surface area contributed by atoms with Gasteiger partial charge in [-0.05, 0) is 5.56 Å². The highest BCUT2D eigenvalue weighted by Crippen LogP contribution is 2.17. The van der Waals surface area contributed by atoms with E-state index in [-0.39, 0.29) is 5.92 Å². The fourth-order valence-corrected chi connectivity index (χ4v) is 1.87. The van der Waals surface area contributed by atoms with E-state index < -0.39 is 5.97 Å². The van der Waals surface area contributed by atoms with Crippen LogP contribution in [0, 0.1) is 0 Å². The number of hydrogen-bond acceptors (Lipinski definition) is 1. The fourth-order valence-electron chi connectivity index (χ4n) is 0.983. The molecular weight excluding hydrogens is 267 g/mol. The fraction of sp³-hybridized carbons (Fsp3) is 0.222. The van der Waals surface area contributed by atoms with Gasteiger partial charge in [0.05, 0.1) is 5.92 Å². The summed E-state index contributed by atoms with van der Waals surface area (Å²) in [7, 11) is 0. The van der Waals surface area contributed by atoms with Crippen LogP contribution in [0.15, 0.2) is 30.3 Å². The van der Waals surface area contributed by atoms with Crippen LogP contribution in [0.3, 0.4) is 0 Å². The standard InChI is InChI=1S/C9H9IO2/c10-6-8(9(11)12)7-4-2-1-3-5-7/h1-5,8H,6H2,(H,11,12). The van der Waals surface area contributed by atoms with Gasteiger partial charge in [0.15, 0.2) is 0 Å². The second-order valence-corrected chi connectivity index (χ2v) is 3.34. The van der Waals surface area contributed by atoms with Crippen LogP contribution in [-0.2, 0) is 4.79 Å². The number of alkyl halides is 1. The number of hydrogen-bond donors (Lipinski definition) is 1. The van der Waals surface area contributed by atoms with E-state index in [0.717, 1.165) is 5.56 Å². The van der Waals surface area contributed by atoms with Gasteiger partial charge in [-0.2, -0.15) is 0 Å². The monoisotopic (exact) mass is 276 g/mol. The smallest absolute Gasteiger partial charge is 0.311 e. The van der Waals surface area contributed by atoms with Crippen molar-refractivity contribution in [3.05, 3.63) is 35.9 Å². The van der Waals surface area contributed by atoms with Gasteiger partial charge in [0, 0.05) is 4.43 Å². The lowest BCUT2D eigenvalue weighted by Crippen LogP contribution is -2.12. The zero-order chi connectivity index (χ0) is 8.97. The summed E-state index contributed by atoms with van der Waals surface area (Å²) in [5.41, 5.74) is 0.874. The molecular formula is C9H9IO2. The van der Waals surface area contributed by atoms with Crippen molar-refractivity contribution in [3.8, 4) is 0 Å². The molecule has 1 aromatic rings. The third-order valence-electron chi connectivity index (χ3n) is 1.65. The van der Waals surface area contributed by atoms with E-state index in [1.54, 1.807) is 0 Å². The molecule has 64 valence electrons. The highest BCUT2D eigenvalue weighted by atomic mass is 127. The van der Waals surface area contributed by atoms with Gasteiger partial charge in [-0.25, -0.2) is 0 Å². The molecule has 0 radical (unpaired) electrons. The Labute approximate surface area is 84.7 Å². The molecule has 3 heteroatoms. The third-order valence-corrected chi connectivity index (χ3v) is 2.54. The Hall–Kier alpha value is -0.580. The topological polar surface area (TPSA) is 37.3 Å². The molecule has 0 aliphatic carbocycles. The SMILES string of the molecule is O=C(O)C(CI)c1ccccc1. The van der Waals surface area contributed by atoms with Crippen LogP contribution in [0.1, 0.15) is 11.5 Å². The number of rotatable bonds is 3. The molecule has 0 saturated heterocycles. The number of halogens is 1. The maximum absolute atomic E-state index is 10.7. The first-order valence-electron chi connectivity index (χ1n) is 3.59. The van der Waals surface area contributed by atoms with Gasteiger partial charge in [0.25, 0.3) is 0 Å². The highest BCUT2D eigenvalue weighted by molar-refractivity contribution is 14.1. The third kappa shape index (κ3) is 2.20. The molecule has 1 unspecified atom stereocenters. The van der Waals surface area contributed by atoms with Crippen molar-refractivity contribution >= 4 is 28.6 Å². The van der Waals surface area contributed by atoms with Crippen molar-refractivity contribution in [2.45, 2.75) is 5.92 Å². The van der Waals surface area contributed by atoms with E-state index in [1.165, 1.54) is 0 Å². The second kappa shape index (κ2) is 4.45. The zero-order valence-electron chi connectivity index (χ0n) is 6.40. The molecule has 1 aromatic carbocycles. The van der Waals surface area contributed by atoms with Gasteiger partial charge in [0.2, 0.25) is 0 Å². The van der Waals surface area contributed by atoms with E-state index in [4.69, 9.17) is 5.11 Å². The second-order valence-electron chi connectivity index (χ2n) is 2.46. The minimum Gasteiger partial charge on any atom is -0.481 e. The van der Waals surface area contributed by atoms with Crippen molar-refractivity contribution in [2.75, 3.05) is 4.43 Å². The number of carboxylic acid groups (broad SMARTS) is 1. The quantitative estimate of drug-likeness (QED) is 0.679. The normalized spacial score (nSPS) is 12.4. The molecule has 0 fully saturated rings. The first-order valence-corrected chi connectivity index (χ1v) is 5.12. The Morgan fingerprint density at radius 1 is 1.42 bits per heavy atom. The molecule has 1 rings (SSSR count). The number of carboxylic acids is 1. The highest BCUT2D eigenvalue weighted by Gasteiger charge is 2.16. The number of benzene rings is 1. The lowest BCUT2D eigenvalue weighted by molar-refractivity contribution is -0.138.